The zero-order valence-electron chi connectivity index (χ0n) is 29.0. The second-order valence-electron chi connectivity index (χ2n) is 14.4. The van der Waals surface area contributed by atoms with Gasteiger partial charge in [0.15, 0.2) is 12.4 Å². The Hall–Kier alpha value is -4.96. The normalized spacial score (nSPS) is 14.4. The molecule has 0 saturated heterocycles. The van der Waals surface area contributed by atoms with Gasteiger partial charge >= 0.3 is 0 Å². The van der Waals surface area contributed by atoms with E-state index in [1.165, 1.54) is 50.3 Å². The predicted octanol–water partition coefficient (Wildman–Crippen LogP) is 9.86. The lowest BCUT2D eigenvalue weighted by Crippen LogP contribution is -2.30. The average Bonchev–Trinajstić information content (AvgIpc) is 3.40. The highest BCUT2D eigenvalue weighted by molar-refractivity contribution is 5.86. The van der Waals surface area contributed by atoms with Crippen LogP contribution < -0.4 is 9.13 Å². The van der Waals surface area contributed by atoms with Crippen LogP contribution in [0.25, 0.3) is 44.8 Å². The molecule has 0 spiro atoms. The van der Waals surface area contributed by atoms with Crippen molar-refractivity contribution in [2.24, 2.45) is 14.1 Å². The highest BCUT2D eigenvalue weighted by Crippen LogP contribution is 2.52. The molecule has 8 rings (SSSR count). The molecular formula is C44H42F2N2+2. The molecule has 2 heterocycles. The quantitative estimate of drug-likeness (QED) is 0.167. The minimum Gasteiger partial charge on any atom is -0.207 e. The Bertz CT molecular complexity index is 2260. The summed E-state index contributed by atoms with van der Waals surface area (Å²) in [7, 11) is 4.12. The molecule has 240 valence electrons. The number of fused-ring (bicyclic) bond motifs is 6. The molecule has 0 radical (unpaired) electrons. The van der Waals surface area contributed by atoms with Gasteiger partial charge in [-0.15, -0.1) is 0 Å². The number of hydrogen-bond donors (Lipinski definition) is 0. The van der Waals surface area contributed by atoms with Gasteiger partial charge in [-0.25, -0.2) is 17.9 Å². The molecule has 0 unspecified atom stereocenters. The SMILES string of the molecule is Cc1cc2c(cc1-c1cccc[n+]1C)-c1ccc(F)cc1C2(C)C.Cc1cc2c(cc1-c1cccc[n+]1C)-c1cccc(F)c1C2(C)C. The fourth-order valence-electron chi connectivity index (χ4n) is 7.99. The second-order valence-corrected chi connectivity index (χ2v) is 14.4. The molecule has 4 heteroatoms. The number of benzene rings is 4. The van der Waals surface area contributed by atoms with Crippen LogP contribution in [0.5, 0.6) is 0 Å². The molecule has 0 saturated carbocycles. The Balaban J connectivity index is 0.000000152. The number of hydrogen-bond acceptors (Lipinski definition) is 0. The van der Waals surface area contributed by atoms with E-state index in [1.54, 1.807) is 24.3 Å². The molecule has 2 aliphatic rings. The molecule has 48 heavy (non-hydrogen) atoms. The molecule has 0 atom stereocenters. The fraction of sp³-hybridized carbons (Fsp3) is 0.227. The Kier molecular flexibility index (Phi) is 7.47. The first-order valence-electron chi connectivity index (χ1n) is 16.6. The van der Waals surface area contributed by atoms with Crippen molar-refractivity contribution >= 4 is 0 Å². The van der Waals surface area contributed by atoms with Crippen LogP contribution in [0.2, 0.25) is 0 Å². The zero-order chi connectivity index (χ0) is 34.1. The van der Waals surface area contributed by atoms with Gasteiger partial charge in [-0.3, -0.25) is 0 Å². The number of pyridine rings is 2. The van der Waals surface area contributed by atoms with E-state index in [0.29, 0.717) is 0 Å². The van der Waals surface area contributed by atoms with Crippen molar-refractivity contribution in [3.8, 4) is 44.8 Å². The molecule has 2 nitrogen and oxygen atoms in total. The monoisotopic (exact) mass is 636 g/mol. The maximum Gasteiger partial charge on any atom is 0.212 e. The van der Waals surface area contributed by atoms with E-state index in [4.69, 9.17) is 0 Å². The number of halogens is 2. The standard InChI is InChI=1S/2C22H21FN/c1-14-12-18-17(13-16(14)20-10-5-6-11-24(20)4)15-8-7-9-19(23)21(15)22(18,2)3;1-14-11-19-18(13-17(14)21-7-5-6-10-24(21)4)16-9-8-15(23)12-20(16)22(19,2)3/h2*5-13H,1-4H3/q2*+1. The van der Waals surface area contributed by atoms with Crippen molar-refractivity contribution in [3.63, 3.8) is 0 Å². The van der Waals surface area contributed by atoms with Crippen molar-refractivity contribution < 1.29 is 17.9 Å². The number of rotatable bonds is 2. The van der Waals surface area contributed by atoms with Crippen molar-refractivity contribution in [2.45, 2.75) is 52.4 Å². The highest BCUT2D eigenvalue weighted by atomic mass is 19.1. The van der Waals surface area contributed by atoms with Crippen LogP contribution in [-0.2, 0) is 24.9 Å². The van der Waals surface area contributed by atoms with Gasteiger partial charge in [0.25, 0.3) is 0 Å². The van der Waals surface area contributed by atoms with E-state index in [-0.39, 0.29) is 22.5 Å². The minimum atomic E-state index is -0.307. The molecule has 0 bridgehead atoms. The lowest BCUT2D eigenvalue weighted by Gasteiger charge is -2.22. The Labute approximate surface area is 283 Å². The van der Waals surface area contributed by atoms with E-state index >= 15 is 0 Å². The van der Waals surface area contributed by atoms with Crippen molar-refractivity contribution in [1.29, 1.82) is 0 Å². The first-order valence-corrected chi connectivity index (χ1v) is 16.6. The van der Waals surface area contributed by atoms with E-state index in [9.17, 15) is 8.78 Å². The van der Waals surface area contributed by atoms with E-state index in [2.05, 4.69) is 126 Å². The summed E-state index contributed by atoms with van der Waals surface area (Å²) in [6.45, 7) is 12.9. The second kappa shape index (κ2) is 11.3. The van der Waals surface area contributed by atoms with Gasteiger partial charge in [0.2, 0.25) is 11.4 Å². The molecule has 0 N–H and O–H groups in total. The number of nitrogens with zero attached hydrogens (tertiary/aromatic N) is 2. The van der Waals surface area contributed by atoms with Crippen molar-refractivity contribution in [1.82, 2.24) is 0 Å². The molecule has 6 aromatic rings. The lowest BCUT2D eigenvalue weighted by molar-refractivity contribution is -0.660. The van der Waals surface area contributed by atoms with Crippen LogP contribution in [0.3, 0.4) is 0 Å². The van der Waals surface area contributed by atoms with Crippen LogP contribution in [0.15, 0.2) is 109 Å². The Morgan fingerprint density at radius 3 is 1.56 bits per heavy atom. The van der Waals surface area contributed by atoms with Crippen LogP contribution in [-0.4, -0.2) is 0 Å². The Morgan fingerprint density at radius 2 is 1.00 bits per heavy atom. The summed E-state index contributed by atoms with van der Waals surface area (Å²) in [5.41, 5.74) is 15.7. The largest absolute Gasteiger partial charge is 0.212 e. The van der Waals surface area contributed by atoms with Crippen LogP contribution in [0, 0.1) is 25.5 Å². The summed E-state index contributed by atoms with van der Waals surface area (Å²) in [6, 6.07) is 32.0. The number of aromatic nitrogens is 2. The molecule has 0 aliphatic heterocycles. The van der Waals surface area contributed by atoms with Gasteiger partial charge < -0.3 is 0 Å². The van der Waals surface area contributed by atoms with Gasteiger partial charge in [-0.1, -0.05) is 58.0 Å². The van der Waals surface area contributed by atoms with Crippen molar-refractivity contribution in [2.75, 3.05) is 0 Å². The van der Waals surface area contributed by atoms with Crippen LogP contribution in [0.4, 0.5) is 8.78 Å². The van der Waals surface area contributed by atoms with Gasteiger partial charge in [-0.2, -0.15) is 0 Å². The van der Waals surface area contributed by atoms with Crippen LogP contribution >= 0.6 is 0 Å². The van der Waals surface area contributed by atoms with E-state index < -0.39 is 0 Å². The summed E-state index contributed by atoms with van der Waals surface area (Å²) in [5.74, 6) is -0.279. The molecule has 2 aliphatic carbocycles. The molecule has 2 aromatic heterocycles. The third-order valence-electron chi connectivity index (χ3n) is 10.6. The van der Waals surface area contributed by atoms with Crippen LogP contribution in [0.1, 0.15) is 61.1 Å². The zero-order valence-corrected chi connectivity index (χ0v) is 29.0. The first-order chi connectivity index (χ1) is 22.8. The summed E-state index contributed by atoms with van der Waals surface area (Å²) >= 11 is 0. The minimum absolute atomic E-state index is 0.113. The predicted molar refractivity (Wildman–Crippen MR) is 191 cm³/mol. The van der Waals surface area contributed by atoms with E-state index in [1.807, 2.05) is 24.3 Å². The summed E-state index contributed by atoms with van der Waals surface area (Å²) < 4.78 is 32.6. The Morgan fingerprint density at radius 1 is 0.479 bits per heavy atom. The van der Waals surface area contributed by atoms with E-state index in [0.717, 1.165) is 27.8 Å². The first kappa shape index (κ1) is 31.6. The smallest absolute Gasteiger partial charge is 0.207 e. The highest BCUT2D eigenvalue weighted by Gasteiger charge is 2.39. The summed E-state index contributed by atoms with van der Waals surface area (Å²) in [4.78, 5) is 0. The summed E-state index contributed by atoms with van der Waals surface area (Å²) in [5, 5.41) is 0. The third kappa shape index (κ3) is 4.89. The fourth-order valence-corrected chi connectivity index (χ4v) is 7.99. The van der Waals surface area contributed by atoms with Crippen molar-refractivity contribution in [3.05, 3.63) is 154 Å². The molecule has 0 amide bonds. The topological polar surface area (TPSA) is 7.76 Å². The van der Waals surface area contributed by atoms with Gasteiger partial charge in [0.1, 0.15) is 25.7 Å². The molecule has 4 aromatic carbocycles. The molecule has 0 fully saturated rings. The third-order valence-corrected chi connectivity index (χ3v) is 10.6. The van der Waals surface area contributed by atoms with Gasteiger partial charge in [-0.05, 0) is 106 Å². The number of aryl methyl sites for hydroxylation is 4. The summed E-state index contributed by atoms with van der Waals surface area (Å²) in [6.07, 6.45) is 4.12. The molecular weight excluding hydrogens is 594 g/mol. The lowest BCUT2D eigenvalue weighted by atomic mass is 9.81. The van der Waals surface area contributed by atoms with Gasteiger partial charge in [0, 0.05) is 51.8 Å². The van der Waals surface area contributed by atoms with Gasteiger partial charge in [0.05, 0.1) is 0 Å². The average molecular weight is 637 g/mol. The maximum atomic E-state index is 14.5. The maximum absolute atomic E-state index is 14.5.